The zero-order valence-corrected chi connectivity index (χ0v) is 12.4. The molecule has 3 heterocycles. The molecule has 4 aromatic rings. The van der Waals surface area contributed by atoms with Gasteiger partial charge in [-0.15, -0.1) is 0 Å². The van der Waals surface area contributed by atoms with Crippen LogP contribution in [0.5, 0.6) is 0 Å². The third kappa shape index (κ3) is 2.51. The molecule has 0 N–H and O–H groups in total. The number of rotatable bonds is 3. The normalized spacial score (nSPS) is 11.2. The van der Waals surface area contributed by atoms with Gasteiger partial charge in [0.05, 0.1) is 35.6 Å². The van der Waals surface area contributed by atoms with Crippen molar-refractivity contribution < 1.29 is 8.94 Å². The van der Waals surface area contributed by atoms with Gasteiger partial charge in [-0.1, -0.05) is 16.8 Å². The van der Waals surface area contributed by atoms with E-state index >= 15 is 0 Å². The Kier molecular flexibility index (Phi) is 3.20. The van der Waals surface area contributed by atoms with Crippen LogP contribution in [0.25, 0.3) is 22.4 Å². The van der Waals surface area contributed by atoms with E-state index in [2.05, 4.69) is 15.1 Å². The Balaban J connectivity index is 1.70. The molecule has 0 bridgehead atoms. The maximum atomic E-state index is 12.5. The van der Waals surface area contributed by atoms with Crippen LogP contribution in [-0.2, 0) is 6.54 Å². The molecule has 0 radical (unpaired) electrons. The number of hydrogen-bond acceptors (Lipinski definition) is 6. The average Bonchev–Trinajstić information content (AvgIpc) is 3.22. The van der Waals surface area contributed by atoms with Crippen molar-refractivity contribution in [3.05, 3.63) is 64.3 Å². The number of aromatic nitrogens is 4. The standard InChI is InChI=1S/C15H9ClN4O3/c16-10-1-2-12-11(5-10)15(21)20(8-17-12)6-13-18-14(23-19-13)9-3-4-22-7-9/h1-5,7-8H,6H2. The molecular weight excluding hydrogens is 320 g/mol. The van der Waals surface area contributed by atoms with Crippen molar-refractivity contribution in [2.45, 2.75) is 6.54 Å². The summed E-state index contributed by atoms with van der Waals surface area (Å²) < 4.78 is 11.5. The van der Waals surface area contributed by atoms with Gasteiger partial charge in [-0.25, -0.2) is 4.98 Å². The molecule has 0 aliphatic heterocycles. The van der Waals surface area contributed by atoms with Gasteiger partial charge in [-0.2, -0.15) is 4.98 Å². The van der Waals surface area contributed by atoms with E-state index in [1.54, 1.807) is 24.3 Å². The number of furan rings is 1. The summed E-state index contributed by atoms with van der Waals surface area (Å²) in [6.45, 7) is 0.148. The fourth-order valence-electron chi connectivity index (χ4n) is 2.22. The summed E-state index contributed by atoms with van der Waals surface area (Å²) >= 11 is 5.94. The molecule has 7 nitrogen and oxygen atoms in total. The lowest BCUT2D eigenvalue weighted by Crippen LogP contribution is -2.21. The Morgan fingerprint density at radius 3 is 3.00 bits per heavy atom. The van der Waals surface area contributed by atoms with Crippen LogP contribution in [0.1, 0.15) is 5.82 Å². The van der Waals surface area contributed by atoms with Gasteiger partial charge in [0.25, 0.3) is 11.4 Å². The van der Waals surface area contributed by atoms with E-state index < -0.39 is 0 Å². The molecule has 1 aromatic carbocycles. The second-order valence-corrected chi connectivity index (χ2v) is 5.30. The Morgan fingerprint density at radius 2 is 2.17 bits per heavy atom. The lowest BCUT2D eigenvalue weighted by molar-refractivity contribution is 0.419. The minimum atomic E-state index is -0.216. The molecule has 0 amide bonds. The first-order valence-corrected chi connectivity index (χ1v) is 7.08. The van der Waals surface area contributed by atoms with Crippen LogP contribution in [0, 0.1) is 0 Å². The topological polar surface area (TPSA) is 87.0 Å². The minimum Gasteiger partial charge on any atom is -0.472 e. The number of nitrogens with zero attached hydrogens (tertiary/aromatic N) is 4. The van der Waals surface area contributed by atoms with Crippen LogP contribution >= 0.6 is 11.6 Å². The van der Waals surface area contributed by atoms with Gasteiger partial charge < -0.3 is 8.94 Å². The van der Waals surface area contributed by atoms with E-state index in [0.29, 0.717) is 33.2 Å². The number of halogens is 1. The van der Waals surface area contributed by atoms with Crippen molar-refractivity contribution in [1.82, 2.24) is 19.7 Å². The smallest absolute Gasteiger partial charge is 0.261 e. The molecule has 0 saturated carbocycles. The van der Waals surface area contributed by atoms with E-state index in [1.807, 2.05) is 0 Å². The van der Waals surface area contributed by atoms with Gasteiger partial charge in [0.1, 0.15) is 6.26 Å². The summed E-state index contributed by atoms with van der Waals surface area (Å²) in [6.07, 6.45) is 4.47. The summed E-state index contributed by atoms with van der Waals surface area (Å²) in [5, 5.41) is 4.79. The van der Waals surface area contributed by atoms with Crippen LogP contribution in [0.3, 0.4) is 0 Å². The molecule has 23 heavy (non-hydrogen) atoms. The SMILES string of the molecule is O=c1c2cc(Cl)ccc2ncn1Cc1noc(-c2ccoc2)n1. The Hall–Kier alpha value is -2.93. The molecule has 0 spiro atoms. The zero-order chi connectivity index (χ0) is 15.8. The van der Waals surface area contributed by atoms with Crippen molar-refractivity contribution in [1.29, 1.82) is 0 Å². The summed E-state index contributed by atoms with van der Waals surface area (Å²) in [5.41, 5.74) is 1.05. The molecule has 0 aliphatic carbocycles. The molecule has 0 atom stereocenters. The zero-order valence-electron chi connectivity index (χ0n) is 11.6. The third-order valence-corrected chi connectivity index (χ3v) is 3.57. The number of hydrogen-bond donors (Lipinski definition) is 0. The van der Waals surface area contributed by atoms with Crippen molar-refractivity contribution in [2.24, 2.45) is 0 Å². The third-order valence-electron chi connectivity index (χ3n) is 3.33. The van der Waals surface area contributed by atoms with Crippen molar-refractivity contribution in [2.75, 3.05) is 0 Å². The van der Waals surface area contributed by atoms with Gasteiger partial charge in [0.15, 0.2) is 5.82 Å². The summed E-state index contributed by atoms with van der Waals surface area (Å²) in [7, 11) is 0. The lowest BCUT2D eigenvalue weighted by Gasteiger charge is -2.03. The van der Waals surface area contributed by atoms with E-state index in [0.717, 1.165) is 0 Å². The van der Waals surface area contributed by atoms with Gasteiger partial charge in [0.2, 0.25) is 0 Å². The second-order valence-electron chi connectivity index (χ2n) is 4.87. The largest absolute Gasteiger partial charge is 0.472 e. The summed E-state index contributed by atoms with van der Waals surface area (Å²) in [6, 6.07) is 6.70. The minimum absolute atomic E-state index is 0.148. The molecule has 8 heteroatoms. The highest BCUT2D eigenvalue weighted by Gasteiger charge is 2.12. The Labute approximate surface area is 134 Å². The van der Waals surface area contributed by atoms with Gasteiger partial charge in [-0.3, -0.25) is 9.36 Å². The monoisotopic (exact) mass is 328 g/mol. The molecule has 0 unspecified atom stereocenters. The molecule has 114 valence electrons. The second kappa shape index (κ2) is 5.36. The van der Waals surface area contributed by atoms with Crippen LogP contribution in [0.15, 0.2) is 56.9 Å². The first kappa shape index (κ1) is 13.7. The molecule has 0 fully saturated rings. The summed E-state index contributed by atoms with van der Waals surface area (Å²) in [4.78, 5) is 21.0. The molecule has 0 saturated heterocycles. The van der Waals surface area contributed by atoms with Gasteiger partial charge >= 0.3 is 0 Å². The van der Waals surface area contributed by atoms with Crippen molar-refractivity contribution in [3.63, 3.8) is 0 Å². The maximum absolute atomic E-state index is 12.5. The van der Waals surface area contributed by atoms with Crippen LogP contribution in [0.2, 0.25) is 5.02 Å². The average molecular weight is 329 g/mol. The quantitative estimate of drug-likeness (QED) is 0.574. The number of benzene rings is 1. The first-order chi connectivity index (χ1) is 11.2. The van der Waals surface area contributed by atoms with Gasteiger partial charge in [-0.05, 0) is 24.3 Å². The first-order valence-electron chi connectivity index (χ1n) is 6.70. The molecule has 3 aromatic heterocycles. The maximum Gasteiger partial charge on any atom is 0.261 e. The van der Waals surface area contributed by atoms with Crippen LogP contribution < -0.4 is 5.56 Å². The van der Waals surface area contributed by atoms with E-state index in [4.69, 9.17) is 20.5 Å². The van der Waals surface area contributed by atoms with Crippen molar-refractivity contribution >= 4 is 22.5 Å². The highest BCUT2D eigenvalue weighted by atomic mass is 35.5. The Bertz CT molecular complexity index is 1040. The predicted molar refractivity (Wildman–Crippen MR) is 82.1 cm³/mol. The highest BCUT2D eigenvalue weighted by molar-refractivity contribution is 6.31. The molecular formula is C15H9ClN4O3. The van der Waals surface area contributed by atoms with E-state index in [1.165, 1.54) is 23.4 Å². The van der Waals surface area contributed by atoms with Crippen molar-refractivity contribution in [3.8, 4) is 11.5 Å². The van der Waals surface area contributed by atoms with Crippen LogP contribution in [-0.4, -0.2) is 19.7 Å². The van der Waals surface area contributed by atoms with Gasteiger partial charge in [0, 0.05) is 5.02 Å². The van der Waals surface area contributed by atoms with E-state index in [-0.39, 0.29) is 12.1 Å². The highest BCUT2D eigenvalue weighted by Crippen LogP contribution is 2.17. The fourth-order valence-corrected chi connectivity index (χ4v) is 2.39. The summed E-state index contributed by atoms with van der Waals surface area (Å²) in [5.74, 6) is 0.699. The number of fused-ring (bicyclic) bond motifs is 1. The van der Waals surface area contributed by atoms with E-state index in [9.17, 15) is 4.79 Å². The Morgan fingerprint density at radius 1 is 1.26 bits per heavy atom. The van der Waals surface area contributed by atoms with Crippen LogP contribution in [0.4, 0.5) is 0 Å². The molecule has 4 rings (SSSR count). The predicted octanol–water partition coefficient (Wildman–Crippen LogP) is 2.74. The lowest BCUT2D eigenvalue weighted by atomic mass is 10.2. The molecule has 0 aliphatic rings. The fraction of sp³-hybridized carbons (Fsp3) is 0.0667.